The smallest absolute Gasteiger partial charge is 0.265 e. The monoisotopic (exact) mass is 325 g/mol. The van der Waals surface area contributed by atoms with Crippen molar-refractivity contribution in [3.8, 4) is 5.75 Å². The predicted octanol–water partition coefficient (Wildman–Crippen LogP) is 5.17. The summed E-state index contributed by atoms with van der Waals surface area (Å²) < 4.78 is 5.85. The van der Waals surface area contributed by atoms with Gasteiger partial charge >= 0.3 is 0 Å². The summed E-state index contributed by atoms with van der Waals surface area (Å²) in [7, 11) is 0. The molecule has 0 aromatic heterocycles. The fraction of sp³-hybridized carbons (Fsp3) is 0.381. The number of amides is 1. The standard InChI is InChI=1S/C21H27NO2/c1-5-16-7-13-19(14-8-16)24-20(6-2)21(23)22-18-11-9-17(10-12-18)15(3)4/h7-15,20H,5-6H2,1-4H3,(H,22,23)/t20-/m1/s1. The van der Waals surface area contributed by atoms with E-state index < -0.39 is 6.10 Å². The van der Waals surface area contributed by atoms with Gasteiger partial charge in [-0.05, 0) is 54.2 Å². The zero-order valence-corrected chi connectivity index (χ0v) is 15.0. The van der Waals surface area contributed by atoms with Gasteiger partial charge in [-0.1, -0.05) is 52.0 Å². The van der Waals surface area contributed by atoms with E-state index in [1.54, 1.807) is 0 Å². The summed E-state index contributed by atoms with van der Waals surface area (Å²) in [6.45, 7) is 8.37. The number of carbonyl (C=O) groups excluding carboxylic acids is 1. The predicted molar refractivity (Wildman–Crippen MR) is 99.7 cm³/mol. The molecule has 2 rings (SSSR count). The van der Waals surface area contributed by atoms with Crippen LogP contribution < -0.4 is 10.1 Å². The minimum Gasteiger partial charge on any atom is -0.481 e. The summed E-state index contributed by atoms with van der Waals surface area (Å²) in [5.41, 5.74) is 3.31. The van der Waals surface area contributed by atoms with Gasteiger partial charge in [-0.25, -0.2) is 0 Å². The van der Waals surface area contributed by atoms with Crippen LogP contribution in [0.4, 0.5) is 5.69 Å². The molecule has 0 fully saturated rings. The Kier molecular flexibility index (Phi) is 6.42. The second-order valence-electron chi connectivity index (χ2n) is 6.28. The Bertz CT molecular complexity index is 645. The topological polar surface area (TPSA) is 38.3 Å². The van der Waals surface area contributed by atoms with E-state index in [1.165, 1.54) is 11.1 Å². The van der Waals surface area contributed by atoms with Gasteiger partial charge < -0.3 is 10.1 Å². The maximum atomic E-state index is 12.5. The van der Waals surface area contributed by atoms with Gasteiger partial charge in [-0.15, -0.1) is 0 Å². The number of hydrogen-bond acceptors (Lipinski definition) is 2. The molecule has 0 aliphatic heterocycles. The molecule has 0 bridgehead atoms. The lowest BCUT2D eigenvalue weighted by Gasteiger charge is -2.18. The first kappa shape index (κ1) is 18.1. The van der Waals surface area contributed by atoms with Gasteiger partial charge in [0.1, 0.15) is 5.75 Å². The molecule has 128 valence electrons. The zero-order valence-electron chi connectivity index (χ0n) is 15.0. The molecule has 24 heavy (non-hydrogen) atoms. The average molecular weight is 325 g/mol. The molecule has 1 amide bonds. The number of hydrogen-bond donors (Lipinski definition) is 1. The quantitative estimate of drug-likeness (QED) is 0.763. The fourth-order valence-electron chi connectivity index (χ4n) is 2.46. The van der Waals surface area contributed by atoms with Crippen LogP contribution in [0, 0.1) is 0 Å². The van der Waals surface area contributed by atoms with E-state index in [2.05, 4.69) is 26.1 Å². The molecule has 0 heterocycles. The molecule has 1 atom stereocenters. The van der Waals surface area contributed by atoms with E-state index in [0.29, 0.717) is 12.3 Å². The SMILES string of the molecule is CCc1ccc(O[C@H](CC)C(=O)Nc2ccc(C(C)C)cc2)cc1. The first-order valence-electron chi connectivity index (χ1n) is 8.69. The third kappa shape index (κ3) is 4.85. The van der Waals surface area contributed by atoms with Gasteiger partial charge in [0.05, 0.1) is 0 Å². The van der Waals surface area contributed by atoms with Crippen LogP contribution in [0.15, 0.2) is 48.5 Å². The van der Waals surface area contributed by atoms with E-state index in [0.717, 1.165) is 17.9 Å². The highest BCUT2D eigenvalue weighted by molar-refractivity contribution is 5.94. The summed E-state index contributed by atoms with van der Waals surface area (Å²) in [4.78, 5) is 12.5. The van der Waals surface area contributed by atoms with Crippen LogP contribution in [0.2, 0.25) is 0 Å². The highest BCUT2D eigenvalue weighted by Gasteiger charge is 2.18. The number of anilines is 1. The lowest BCUT2D eigenvalue weighted by atomic mass is 10.0. The molecule has 2 aromatic rings. The van der Waals surface area contributed by atoms with E-state index >= 15 is 0 Å². The molecule has 0 unspecified atom stereocenters. The van der Waals surface area contributed by atoms with Crippen LogP contribution in [0.5, 0.6) is 5.75 Å². The lowest BCUT2D eigenvalue weighted by Crippen LogP contribution is -2.32. The number of carbonyl (C=O) groups is 1. The highest BCUT2D eigenvalue weighted by Crippen LogP contribution is 2.19. The normalized spacial score (nSPS) is 12.0. The molecular weight excluding hydrogens is 298 g/mol. The molecule has 0 saturated heterocycles. The highest BCUT2D eigenvalue weighted by atomic mass is 16.5. The molecule has 2 aromatic carbocycles. The van der Waals surface area contributed by atoms with Crippen LogP contribution in [0.1, 0.15) is 51.2 Å². The van der Waals surface area contributed by atoms with Crippen molar-refractivity contribution >= 4 is 11.6 Å². The Morgan fingerprint density at radius 2 is 1.62 bits per heavy atom. The fourth-order valence-corrected chi connectivity index (χ4v) is 2.46. The van der Waals surface area contributed by atoms with Gasteiger partial charge in [0.15, 0.2) is 6.10 Å². The van der Waals surface area contributed by atoms with Crippen molar-refractivity contribution in [3.05, 3.63) is 59.7 Å². The van der Waals surface area contributed by atoms with Gasteiger partial charge in [0, 0.05) is 5.69 Å². The summed E-state index contributed by atoms with van der Waals surface area (Å²) in [5, 5.41) is 2.94. The summed E-state index contributed by atoms with van der Waals surface area (Å²) in [5.74, 6) is 1.09. The molecule has 1 N–H and O–H groups in total. The van der Waals surface area contributed by atoms with Gasteiger partial charge in [-0.3, -0.25) is 4.79 Å². The number of rotatable bonds is 7. The van der Waals surface area contributed by atoms with Crippen LogP contribution in [-0.2, 0) is 11.2 Å². The summed E-state index contributed by atoms with van der Waals surface area (Å²) in [6.07, 6.45) is 1.11. The first-order valence-corrected chi connectivity index (χ1v) is 8.69. The minimum atomic E-state index is -0.498. The molecule has 0 aliphatic carbocycles. The Balaban J connectivity index is 1.99. The zero-order chi connectivity index (χ0) is 17.5. The van der Waals surface area contributed by atoms with E-state index in [1.807, 2.05) is 55.5 Å². The molecule has 3 nitrogen and oxygen atoms in total. The van der Waals surface area contributed by atoms with Crippen molar-refractivity contribution in [1.82, 2.24) is 0 Å². The summed E-state index contributed by atoms with van der Waals surface area (Å²) in [6, 6.07) is 15.9. The first-order chi connectivity index (χ1) is 11.5. The molecule has 0 radical (unpaired) electrons. The Morgan fingerprint density at radius 1 is 1.00 bits per heavy atom. The number of ether oxygens (including phenoxy) is 1. The Labute approximate surface area is 145 Å². The number of benzene rings is 2. The number of aryl methyl sites for hydroxylation is 1. The van der Waals surface area contributed by atoms with E-state index in [9.17, 15) is 4.79 Å². The third-order valence-corrected chi connectivity index (χ3v) is 4.12. The Morgan fingerprint density at radius 3 is 2.12 bits per heavy atom. The van der Waals surface area contributed by atoms with Gasteiger partial charge in [-0.2, -0.15) is 0 Å². The molecular formula is C21H27NO2. The van der Waals surface area contributed by atoms with Crippen molar-refractivity contribution < 1.29 is 9.53 Å². The van der Waals surface area contributed by atoms with Crippen molar-refractivity contribution in [2.75, 3.05) is 5.32 Å². The minimum absolute atomic E-state index is 0.116. The van der Waals surface area contributed by atoms with Crippen LogP contribution >= 0.6 is 0 Å². The van der Waals surface area contributed by atoms with E-state index in [-0.39, 0.29) is 5.91 Å². The van der Waals surface area contributed by atoms with Crippen LogP contribution in [0.3, 0.4) is 0 Å². The second kappa shape index (κ2) is 8.53. The average Bonchev–Trinajstić information content (AvgIpc) is 2.60. The Hall–Kier alpha value is -2.29. The second-order valence-corrected chi connectivity index (χ2v) is 6.28. The summed E-state index contributed by atoms with van der Waals surface area (Å²) >= 11 is 0. The molecule has 3 heteroatoms. The molecule has 0 saturated carbocycles. The van der Waals surface area contributed by atoms with Crippen molar-refractivity contribution in [2.45, 2.75) is 52.6 Å². The van der Waals surface area contributed by atoms with Crippen molar-refractivity contribution in [1.29, 1.82) is 0 Å². The number of nitrogens with one attached hydrogen (secondary N) is 1. The van der Waals surface area contributed by atoms with E-state index in [4.69, 9.17) is 4.74 Å². The third-order valence-electron chi connectivity index (χ3n) is 4.12. The maximum absolute atomic E-state index is 12.5. The maximum Gasteiger partial charge on any atom is 0.265 e. The van der Waals surface area contributed by atoms with Crippen molar-refractivity contribution in [2.24, 2.45) is 0 Å². The molecule has 0 aliphatic rings. The van der Waals surface area contributed by atoms with Gasteiger partial charge in [0.2, 0.25) is 0 Å². The van der Waals surface area contributed by atoms with Crippen LogP contribution in [0.25, 0.3) is 0 Å². The lowest BCUT2D eigenvalue weighted by molar-refractivity contribution is -0.122. The molecule has 0 spiro atoms. The van der Waals surface area contributed by atoms with Crippen molar-refractivity contribution in [3.63, 3.8) is 0 Å². The largest absolute Gasteiger partial charge is 0.481 e. The van der Waals surface area contributed by atoms with Gasteiger partial charge in [0.25, 0.3) is 5.91 Å². The van der Waals surface area contributed by atoms with Crippen LogP contribution in [-0.4, -0.2) is 12.0 Å².